The van der Waals surface area contributed by atoms with E-state index >= 15 is 0 Å². The Morgan fingerprint density at radius 1 is 1.50 bits per heavy atom. The molecule has 0 spiro atoms. The van der Waals surface area contributed by atoms with E-state index in [0.717, 1.165) is 0 Å². The van der Waals surface area contributed by atoms with Crippen LogP contribution in [0, 0.1) is 0 Å². The number of hydrogen-bond acceptors (Lipinski definition) is 4. The van der Waals surface area contributed by atoms with Gasteiger partial charge < -0.3 is 15.8 Å². The van der Waals surface area contributed by atoms with Crippen molar-refractivity contribution in [2.75, 3.05) is 13.1 Å². The Bertz CT molecular complexity index is 217. The van der Waals surface area contributed by atoms with Gasteiger partial charge in [0.1, 0.15) is 5.60 Å². The molecule has 0 bridgehead atoms. The predicted octanol–water partition coefficient (Wildman–Crippen LogP) is 0.900. The molecule has 3 N–H and O–H groups in total. The first-order valence-electron chi connectivity index (χ1n) is 5.14. The molecule has 1 unspecified atom stereocenters. The number of halogens is 2. The van der Waals surface area contributed by atoms with Crippen LogP contribution in [0.1, 0.15) is 27.2 Å². The fourth-order valence-electron chi connectivity index (χ4n) is 0.999. The van der Waals surface area contributed by atoms with E-state index in [9.17, 15) is 13.6 Å². The summed E-state index contributed by atoms with van der Waals surface area (Å²) in [6.45, 7) is 6.26. The van der Waals surface area contributed by atoms with Crippen LogP contribution in [0.15, 0.2) is 0 Å². The summed E-state index contributed by atoms with van der Waals surface area (Å²) in [4.78, 5) is 9.60. The minimum atomic E-state index is -2.70. The first-order valence-corrected chi connectivity index (χ1v) is 5.14. The van der Waals surface area contributed by atoms with Crippen LogP contribution in [0.4, 0.5) is 8.78 Å². The number of alkyl halides is 2. The second kappa shape index (κ2) is 6.10. The number of nitrogens with two attached hydrogens (primary N) is 1. The SMILES string of the molecule is CC(C)(C)OC=O.NC1CCNCC1(F)F. The van der Waals surface area contributed by atoms with E-state index in [-0.39, 0.29) is 12.1 Å². The van der Waals surface area contributed by atoms with Gasteiger partial charge in [-0.05, 0) is 33.7 Å². The Labute approximate surface area is 94.5 Å². The van der Waals surface area contributed by atoms with Crippen molar-refractivity contribution < 1.29 is 18.3 Å². The Hall–Kier alpha value is -0.750. The molecule has 0 aromatic carbocycles. The second-order valence-corrected chi connectivity index (χ2v) is 4.66. The van der Waals surface area contributed by atoms with Crippen molar-refractivity contribution in [1.82, 2.24) is 5.32 Å². The van der Waals surface area contributed by atoms with E-state index in [1.165, 1.54) is 0 Å². The van der Waals surface area contributed by atoms with Crippen molar-refractivity contribution >= 4 is 6.47 Å². The highest BCUT2D eigenvalue weighted by molar-refractivity contribution is 5.37. The summed E-state index contributed by atoms with van der Waals surface area (Å²) in [5.41, 5.74) is 4.80. The molecule has 0 amide bonds. The summed E-state index contributed by atoms with van der Waals surface area (Å²) in [6.07, 6.45) is 0.368. The third kappa shape index (κ3) is 6.68. The average Bonchev–Trinajstić information content (AvgIpc) is 2.09. The van der Waals surface area contributed by atoms with E-state index in [1.807, 2.05) is 20.8 Å². The lowest BCUT2D eigenvalue weighted by Gasteiger charge is -2.28. The number of rotatable bonds is 1. The maximum absolute atomic E-state index is 12.4. The van der Waals surface area contributed by atoms with Crippen molar-refractivity contribution in [3.63, 3.8) is 0 Å². The Balaban J connectivity index is 0.000000293. The van der Waals surface area contributed by atoms with Crippen LogP contribution < -0.4 is 11.1 Å². The maximum Gasteiger partial charge on any atom is 0.293 e. The molecule has 1 fully saturated rings. The summed E-state index contributed by atoms with van der Waals surface area (Å²) >= 11 is 0. The molecule has 1 aliphatic heterocycles. The largest absolute Gasteiger partial charge is 0.462 e. The van der Waals surface area contributed by atoms with E-state index in [4.69, 9.17) is 5.73 Å². The van der Waals surface area contributed by atoms with Crippen LogP contribution in [0.3, 0.4) is 0 Å². The number of carbonyl (C=O) groups is 1. The molecule has 16 heavy (non-hydrogen) atoms. The van der Waals surface area contributed by atoms with Crippen LogP contribution in [0.2, 0.25) is 0 Å². The number of hydrogen-bond donors (Lipinski definition) is 2. The van der Waals surface area contributed by atoms with Crippen molar-refractivity contribution in [3.8, 4) is 0 Å². The summed E-state index contributed by atoms with van der Waals surface area (Å²) in [6, 6.07) is -0.946. The lowest BCUT2D eigenvalue weighted by atomic mass is 10.0. The third-order valence-corrected chi connectivity index (χ3v) is 1.94. The van der Waals surface area contributed by atoms with Gasteiger partial charge >= 0.3 is 0 Å². The predicted molar refractivity (Wildman–Crippen MR) is 57.3 cm³/mol. The standard InChI is InChI=1S/C5H10F2N2.C5H10O2/c6-5(7)3-9-2-1-4(5)8;1-5(2,3)7-4-6/h4,9H,1-3,8H2;4H,1-3H3. The van der Waals surface area contributed by atoms with Crippen LogP contribution in [-0.4, -0.2) is 37.1 Å². The molecule has 0 radical (unpaired) electrons. The first-order chi connectivity index (χ1) is 7.19. The van der Waals surface area contributed by atoms with Crippen molar-refractivity contribution in [1.29, 1.82) is 0 Å². The zero-order valence-electron chi connectivity index (χ0n) is 9.93. The van der Waals surface area contributed by atoms with Crippen LogP contribution in [0.5, 0.6) is 0 Å². The summed E-state index contributed by atoms with van der Waals surface area (Å²) < 4.78 is 29.4. The van der Waals surface area contributed by atoms with Gasteiger partial charge in [0.15, 0.2) is 0 Å². The van der Waals surface area contributed by atoms with Gasteiger partial charge in [-0.25, -0.2) is 8.78 Å². The lowest BCUT2D eigenvalue weighted by molar-refractivity contribution is -0.138. The van der Waals surface area contributed by atoms with Crippen LogP contribution in [0.25, 0.3) is 0 Å². The van der Waals surface area contributed by atoms with Crippen molar-refractivity contribution in [3.05, 3.63) is 0 Å². The normalized spacial score (nSPS) is 24.0. The highest BCUT2D eigenvalue weighted by Crippen LogP contribution is 2.20. The molecule has 1 saturated heterocycles. The van der Waals surface area contributed by atoms with Gasteiger partial charge in [-0.2, -0.15) is 0 Å². The summed E-state index contributed by atoms with van der Waals surface area (Å²) in [5, 5.41) is 2.58. The smallest absolute Gasteiger partial charge is 0.293 e. The van der Waals surface area contributed by atoms with E-state index in [0.29, 0.717) is 19.4 Å². The minimum absolute atomic E-state index is 0.270. The molecule has 1 rings (SSSR count). The van der Waals surface area contributed by atoms with Gasteiger partial charge in [0.05, 0.1) is 12.6 Å². The number of nitrogens with one attached hydrogen (secondary N) is 1. The Morgan fingerprint density at radius 3 is 2.25 bits per heavy atom. The van der Waals surface area contributed by atoms with Gasteiger partial charge in [-0.3, -0.25) is 4.79 Å². The Kier molecular flexibility index (Phi) is 5.81. The Morgan fingerprint density at radius 2 is 2.06 bits per heavy atom. The number of carbonyl (C=O) groups excluding carboxylic acids is 1. The zero-order chi connectivity index (χ0) is 12.8. The maximum atomic E-state index is 12.4. The minimum Gasteiger partial charge on any atom is -0.462 e. The molecular weight excluding hydrogens is 218 g/mol. The summed E-state index contributed by atoms with van der Waals surface area (Å²) in [7, 11) is 0. The third-order valence-electron chi connectivity index (χ3n) is 1.94. The van der Waals surface area contributed by atoms with E-state index in [1.54, 1.807) is 0 Å². The molecule has 1 heterocycles. The molecule has 6 heteroatoms. The van der Waals surface area contributed by atoms with E-state index < -0.39 is 12.0 Å². The van der Waals surface area contributed by atoms with Crippen molar-refractivity contribution in [2.24, 2.45) is 5.73 Å². The van der Waals surface area contributed by atoms with Gasteiger partial charge in [-0.15, -0.1) is 0 Å². The average molecular weight is 238 g/mol. The highest BCUT2D eigenvalue weighted by Gasteiger charge is 2.38. The fourth-order valence-corrected chi connectivity index (χ4v) is 0.999. The molecule has 0 aromatic rings. The second-order valence-electron chi connectivity index (χ2n) is 4.66. The molecule has 1 aliphatic rings. The summed E-state index contributed by atoms with van der Waals surface area (Å²) in [5.74, 6) is -2.70. The van der Waals surface area contributed by atoms with E-state index in [2.05, 4.69) is 10.1 Å². The van der Waals surface area contributed by atoms with Gasteiger partial charge in [0, 0.05) is 0 Å². The molecule has 1 atom stereocenters. The lowest BCUT2D eigenvalue weighted by Crippen LogP contribution is -2.53. The molecule has 0 aliphatic carbocycles. The van der Waals surface area contributed by atoms with Gasteiger partial charge in [0.25, 0.3) is 12.4 Å². The quantitative estimate of drug-likeness (QED) is 0.666. The monoisotopic (exact) mass is 238 g/mol. The van der Waals surface area contributed by atoms with Crippen LogP contribution in [-0.2, 0) is 9.53 Å². The topological polar surface area (TPSA) is 64.3 Å². The first kappa shape index (κ1) is 15.2. The van der Waals surface area contributed by atoms with Crippen LogP contribution >= 0.6 is 0 Å². The molecule has 4 nitrogen and oxygen atoms in total. The highest BCUT2D eigenvalue weighted by atomic mass is 19.3. The van der Waals surface area contributed by atoms with Gasteiger partial charge in [0.2, 0.25) is 0 Å². The fraction of sp³-hybridized carbons (Fsp3) is 0.900. The van der Waals surface area contributed by atoms with Crippen molar-refractivity contribution in [2.45, 2.75) is 44.8 Å². The number of ether oxygens (including phenoxy) is 1. The molecular formula is C10H20F2N2O2. The number of piperidine rings is 1. The molecule has 0 aromatic heterocycles. The van der Waals surface area contributed by atoms with Gasteiger partial charge in [-0.1, -0.05) is 0 Å². The molecule has 0 saturated carbocycles. The molecule has 96 valence electrons. The zero-order valence-corrected chi connectivity index (χ0v) is 9.93.